The first-order valence-corrected chi connectivity index (χ1v) is 6.59. The first-order chi connectivity index (χ1) is 9.54. The van der Waals surface area contributed by atoms with Crippen molar-refractivity contribution < 1.29 is 4.92 Å². The van der Waals surface area contributed by atoms with Gasteiger partial charge in [0.15, 0.2) is 0 Å². The summed E-state index contributed by atoms with van der Waals surface area (Å²) >= 11 is 5.95. The van der Waals surface area contributed by atoms with Crippen molar-refractivity contribution in [3.05, 3.63) is 74.8 Å². The zero-order chi connectivity index (χ0) is 14.5. The van der Waals surface area contributed by atoms with E-state index in [4.69, 9.17) is 11.6 Å². The summed E-state index contributed by atoms with van der Waals surface area (Å²) in [6.45, 7) is 1.50. The van der Waals surface area contributed by atoms with Crippen LogP contribution in [0.3, 0.4) is 0 Å². The molecule has 0 aliphatic carbocycles. The van der Waals surface area contributed by atoms with Gasteiger partial charge in [0, 0.05) is 30.2 Å². The highest BCUT2D eigenvalue weighted by atomic mass is 35.5. The first kappa shape index (κ1) is 14.5. The van der Waals surface area contributed by atoms with E-state index in [2.05, 4.69) is 4.90 Å². The molecule has 0 saturated carbocycles. The third-order valence-corrected chi connectivity index (χ3v) is 3.18. The molecule has 104 valence electrons. The van der Waals surface area contributed by atoms with Crippen molar-refractivity contribution in [1.82, 2.24) is 4.90 Å². The van der Waals surface area contributed by atoms with Gasteiger partial charge in [-0.2, -0.15) is 0 Å². The average Bonchev–Trinajstić information content (AvgIpc) is 2.39. The number of halogens is 1. The molecule has 0 spiro atoms. The molecule has 2 aromatic rings. The topological polar surface area (TPSA) is 46.4 Å². The van der Waals surface area contributed by atoms with Gasteiger partial charge in [-0.3, -0.25) is 15.0 Å². The lowest BCUT2D eigenvalue weighted by Crippen LogP contribution is -2.17. The molecule has 0 atom stereocenters. The van der Waals surface area contributed by atoms with Crippen LogP contribution < -0.4 is 0 Å². The second kappa shape index (κ2) is 6.50. The van der Waals surface area contributed by atoms with E-state index in [1.54, 1.807) is 12.1 Å². The summed E-state index contributed by atoms with van der Waals surface area (Å²) in [5, 5.41) is 11.3. The summed E-state index contributed by atoms with van der Waals surface area (Å²) in [6.07, 6.45) is 0. The Balaban J connectivity index is 1.97. The van der Waals surface area contributed by atoms with Crippen molar-refractivity contribution in [2.45, 2.75) is 13.1 Å². The van der Waals surface area contributed by atoms with E-state index in [0.29, 0.717) is 0 Å². The van der Waals surface area contributed by atoms with Crippen molar-refractivity contribution >= 4 is 17.3 Å². The molecule has 0 unspecified atom stereocenters. The molecule has 0 bridgehead atoms. The molecule has 0 aromatic heterocycles. The molecule has 0 heterocycles. The largest absolute Gasteiger partial charge is 0.298 e. The van der Waals surface area contributed by atoms with Crippen LogP contribution in [0.5, 0.6) is 0 Å². The lowest BCUT2D eigenvalue weighted by molar-refractivity contribution is -0.384. The van der Waals surface area contributed by atoms with Gasteiger partial charge in [0.25, 0.3) is 5.69 Å². The second-order valence-corrected chi connectivity index (χ2v) is 5.16. The molecule has 0 N–H and O–H groups in total. The van der Waals surface area contributed by atoms with E-state index in [-0.39, 0.29) is 10.6 Å². The highest BCUT2D eigenvalue weighted by Gasteiger charge is 2.06. The van der Waals surface area contributed by atoms with Crippen LogP contribution in [0, 0.1) is 10.1 Å². The maximum Gasteiger partial charge on any atom is 0.269 e. The first-order valence-electron chi connectivity index (χ1n) is 6.21. The van der Waals surface area contributed by atoms with E-state index in [1.165, 1.54) is 12.1 Å². The van der Waals surface area contributed by atoms with Crippen LogP contribution in [0.2, 0.25) is 5.02 Å². The zero-order valence-corrected chi connectivity index (χ0v) is 11.9. The molecular formula is C15H15ClN2O2. The number of hydrogen-bond donors (Lipinski definition) is 0. The van der Waals surface area contributed by atoms with Gasteiger partial charge >= 0.3 is 0 Å². The fourth-order valence-electron chi connectivity index (χ4n) is 2.04. The Hall–Kier alpha value is -1.91. The molecule has 0 amide bonds. The Labute approximate surface area is 122 Å². The van der Waals surface area contributed by atoms with Crippen molar-refractivity contribution in [3.63, 3.8) is 0 Å². The maximum atomic E-state index is 10.6. The summed E-state index contributed by atoms with van der Waals surface area (Å²) in [4.78, 5) is 12.3. The summed E-state index contributed by atoms with van der Waals surface area (Å²) in [5.41, 5.74) is 2.30. The molecular weight excluding hydrogens is 276 g/mol. The monoisotopic (exact) mass is 290 g/mol. The van der Waals surface area contributed by atoms with E-state index >= 15 is 0 Å². The van der Waals surface area contributed by atoms with Gasteiger partial charge in [0.2, 0.25) is 0 Å². The van der Waals surface area contributed by atoms with Gasteiger partial charge in [0.05, 0.1) is 4.92 Å². The Kier molecular flexibility index (Phi) is 4.71. The highest BCUT2D eigenvalue weighted by molar-refractivity contribution is 6.30. The Bertz CT molecular complexity index is 599. The number of nitro benzene ring substituents is 1. The van der Waals surface area contributed by atoms with Crippen molar-refractivity contribution in [3.8, 4) is 0 Å². The van der Waals surface area contributed by atoms with E-state index in [0.717, 1.165) is 29.2 Å². The molecule has 0 fully saturated rings. The van der Waals surface area contributed by atoms with Crippen LogP contribution in [-0.4, -0.2) is 16.9 Å². The SMILES string of the molecule is CN(Cc1ccc([N+](=O)[O-])cc1)Cc1cccc(Cl)c1. The Morgan fingerprint density at radius 1 is 1.10 bits per heavy atom. The lowest BCUT2D eigenvalue weighted by atomic mass is 10.1. The van der Waals surface area contributed by atoms with Gasteiger partial charge in [-0.25, -0.2) is 0 Å². The molecule has 20 heavy (non-hydrogen) atoms. The normalized spacial score (nSPS) is 10.8. The molecule has 2 aromatic carbocycles. The number of rotatable bonds is 5. The number of nitro groups is 1. The minimum Gasteiger partial charge on any atom is -0.298 e. The van der Waals surface area contributed by atoms with Crippen LogP contribution in [0.4, 0.5) is 5.69 Å². The van der Waals surface area contributed by atoms with Crippen LogP contribution >= 0.6 is 11.6 Å². The lowest BCUT2D eigenvalue weighted by Gasteiger charge is -2.16. The molecule has 5 heteroatoms. The van der Waals surface area contributed by atoms with Crippen molar-refractivity contribution in [1.29, 1.82) is 0 Å². The van der Waals surface area contributed by atoms with Crippen LogP contribution in [0.25, 0.3) is 0 Å². The predicted octanol–water partition coefficient (Wildman–Crippen LogP) is 3.88. The summed E-state index contributed by atoms with van der Waals surface area (Å²) in [6, 6.07) is 14.4. The Morgan fingerprint density at radius 2 is 1.75 bits per heavy atom. The number of hydrogen-bond acceptors (Lipinski definition) is 3. The molecule has 2 rings (SSSR count). The minimum absolute atomic E-state index is 0.117. The minimum atomic E-state index is -0.389. The van der Waals surface area contributed by atoms with Gasteiger partial charge in [-0.1, -0.05) is 35.9 Å². The van der Waals surface area contributed by atoms with E-state index in [9.17, 15) is 10.1 Å². The zero-order valence-electron chi connectivity index (χ0n) is 11.1. The molecule has 0 radical (unpaired) electrons. The van der Waals surface area contributed by atoms with Crippen LogP contribution in [-0.2, 0) is 13.1 Å². The smallest absolute Gasteiger partial charge is 0.269 e. The van der Waals surface area contributed by atoms with E-state index < -0.39 is 0 Å². The molecule has 0 aliphatic rings. The van der Waals surface area contributed by atoms with E-state index in [1.807, 2.05) is 31.3 Å². The van der Waals surface area contributed by atoms with Gasteiger partial charge in [-0.15, -0.1) is 0 Å². The molecule has 4 nitrogen and oxygen atoms in total. The van der Waals surface area contributed by atoms with Crippen LogP contribution in [0.1, 0.15) is 11.1 Å². The fourth-order valence-corrected chi connectivity index (χ4v) is 2.25. The van der Waals surface area contributed by atoms with Crippen molar-refractivity contribution in [2.75, 3.05) is 7.05 Å². The van der Waals surface area contributed by atoms with Gasteiger partial charge < -0.3 is 0 Å². The third kappa shape index (κ3) is 4.05. The second-order valence-electron chi connectivity index (χ2n) is 4.73. The average molecular weight is 291 g/mol. The quantitative estimate of drug-likeness (QED) is 0.620. The highest BCUT2D eigenvalue weighted by Crippen LogP contribution is 2.15. The Morgan fingerprint density at radius 3 is 2.35 bits per heavy atom. The van der Waals surface area contributed by atoms with Gasteiger partial charge in [0.1, 0.15) is 0 Å². The van der Waals surface area contributed by atoms with Crippen molar-refractivity contribution in [2.24, 2.45) is 0 Å². The number of non-ortho nitro benzene ring substituents is 1. The van der Waals surface area contributed by atoms with Gasteiger partial charge in [-0.05, 0) is 30.3 Å². The molecule has 0 aliphatic heterocycles. The fraction of sp³-hybridized carbons (Fsp3) is 0.200. The number of nitrogens with zero attached hydrogens (tertiary/aromatic N) is 2. The third-order valence-electron chi connectivity index (χ3n) is 2.94. The number of benzene rings is 2. The van der Waals surface area contributed by atoms with Crippen LogP contribution in [0.15, 0.2) is 48.5 Å². The summed E-state index contributed by atoms with van der Waals surface area (Å²) in [7, 11) is 2.00. The maximum absolute atomic E-state index is 10.6. The standard InChI is InChI=1S/C15H15ClN2O2/c1-17(11-13-3-2-4-14(16)9-13)10-12-5-7-15(8-6-12)18(19)20/h2-9H,10-11H2,1H3. The predicted molar refractivity (Wildman–Crippen MR) is 79.7 cm³/mol. The summed E-state index contributed by atoms with van der Waals surface area (Å²) < 4.78 is 0. The summed E-state index contributed by atoms with van der Waals surface area (Å²) in [5.74, 6) is 0. The molecule has 0 saturated heterocycles.